The summed E-state index contributed by atoms with van der Waals surface area (Å²) in [5.74, 6) is 1.34. The molecule has 0 atom stereocenters. The number of nitrogens with one attached hydrogen (secondary N) is 1. The summed E-state index contributed by atoms with van der Waals surface area (Å²) >= 11 is 7.83. The number of methoxy groups -OCH3 is 2. The van der Waals surface area contributed by atoms with Gasteiger partial charge < -0.3 is 14.8 Å². The van der Waals surface area contributed by atoms with Crippen molar-refractivity contribution in [3.63, 3.8) is 0 Å². The van der Waals surface area contributed by atoms with Crippen LogP contribution in [-0.2, 0) is 6.42 Å². The molecule has 0 unspecified atom stereocenters. The van der Waals surface area contributed by atoms with Crippen molar-refractivity contribution in [1.82, 2.24) is 0 Å². The molecule has 2 rings (SSSR count). The molecule has 0 fully saturated rings. The molecule has 1 heterocycles. The van der Waals surface area contributed by atoms with Gasteiger partial charge in [0, 0.05) is 12.6 Å². The fourth-order valence-corrected chi connectivity index (χ4v) is 2.72. The first kappa shape index (κ1) is 14.0. The van der Waals surface area contributed by atoms with Crippen molar-refractivity contribution >= 4 is 28.6 Å². The molecule has 0 saturated carbocycles. The van der Waals surface area contributed by atoms with Crippen LogP contribution in [0.2, 0.25) is 5.02 Å². The Morgan fingerprint density at radius 3 is 2.63 bits per heavy atom. The van der Waals surface area contributed by atoms with E-state index in [0.29, 0.717) is 10.8 Å². The lowest BCUT2D eigenvalue weighted by Gasteiger charge is -2.13. The normalized spacial score (nSPS) is 10.3. The van der Waals surface area contributed by atoms with Crippen molar-refractivity contribution in [3.05, 3.63) is 39.5 Å². The maximum atomic E-state index is 6.12. The summed E-state index contributed by atoms with van der Waals surface area (Å²) in [4.78, 5) is 0. The van der Waals surface area contributed by atoms with E-state index in [1.165, 1.54) is 5.56 Å². The maximum absolute atomic E-state index is 6.12. The Bertz CT molecular complexity index is 528. The van der Waals surface area contributed by atoms with Gasteiger partial charge in [0.1, 0.15) is 11.5 Å². The monoisotopic (exact) mass is 297 g/mol. The van der Waals surface area contributed by atoms with E-state index in [1.807, 2.05) is 6.07 Å². The van der Waals surface area contributed by atoms with E-state index in [-0.39, 0.29) is 0 Å². The molecule has 0 aliphatic rings. The van der Waals surface area contributed by atoms with Crippen LogP contribution in [0, 0.1) is 0 Å². The van der Waals surface area contributed by atoms with E-state index in [4.69, 9.17) is 21.1 Å². The van der Waals surface area contributed by atoms with Crippen molar-refractivity contribution in [2.75, 3.05) is 26.1 Å². The highest BCUT2D eigenvalue weighted by Gasteiger charge is 2.09. The van der Waals surface area contributed by atoms with Gasteiger partial charge in [-0.15, -0.1) is 0 Å². The molecule has 0 saturated heterocycles. The first-order valence-electron chi connectivity index (χ1n) is 5.91. The number of thiophene rings is 1. The van der Waals surface area contributed by atoms with Crippen molar-refractivity contribution in [2.24, 2.45) is 0 Å². The highest BCUT2D eigenvalue weighted by molar-refractivity contribution is 7.07. The smallest absolute Gasteiger partial charge is 0.145 e. The van der Waals surface area contributed by atoms with Crippen LogP contribution < -0.4 is 14.8 Å². The van der Waals surface area contributed by atoms with E-state index in [1.54, 1.807) is 31.6 Å². The number of ether oxygens (including phenoxy) is 2. The molecule has 2 aromatic rings. The predicted octanol–water partition coefficient (Wildman–Crippen LogP) is 4.07. The van der Waals surface area contributed by atoms with Gasteiger partial charge in [-0.3, -0.25) is 0 Å². The molecule has 1 aromatic carbocycles. The number of hydrogen-bond acceptors (Lipinski definition) is 4. The SMILES string of the molecule is COc1cc(OC)c(NCCc2ccsc2)cc1Cl. The van der Waals surface area contributed by atoms with Crippen molar-refractivity contribution in [3.8, 4) is 11.5 Å². The molecule has 0 aliphatic carbocycles. The summed E-state index contributed by atoms with van der Waals surface area (Å²) in [6.07, 6.45) is 0.969. The summed E-state index contributed by atoms with van der Waals surface area (Å²) in [5.41, 5.74) is 2.21. The predicted molar refractivity (Wildman–Crippen MR) is 81.1 cm³/mol. The Balaban J connectivity index is 2.04. The molecule has 5 heteroatoms. The quantitative estimate of drug-likeness (QED) is 0.872. The second-order valence-corrected chi connectivity index (χ2v) is 5.18. The van der Waals surface area contributed by atoms with Crippen molar-refractivity contribution in [2.45, 2.75) is 6.42 Å². The first-order valence-corrected chi connectivity index (χ1v) is 7.23. The van der Waals surface area contributed by atoms with Crippen LogP contribution in [0.4, 0.5) is 5.69 Å². The first-order chi connectivity index (χ1) is 9.24. The van der Waals surface area contributed by atoms with Crippen LogP contribution in [0.15, 0.2) is 29.0 Å². The second kappa shape index (κ2) is 6.68. The second-order valence-electron chi connectivity index (χ2n) is 4.00. The Hall–Kier alpha value is -1.39. The van der Waals surface area contributed by atoms with Gasteiger partial charge in [0.15, 0.2) is 0 Å². The van der Waals surface area contributed by atoms with E-state index < -0.39 is 0 Å². The topological polar surface area (TPSA) is 30.5 Å². The molecule has 0 spiro atoms. The molecule has 0 radical (unpaired) electrons. The highest BCUT2D eigenvalue weighted by Crippen LogP contribution is 2.35. The lowest BCUT2D eigenvalue weighted by Crippen LogP contribution is -2.06. The standard InChI is InChI=1S/C14H16ClNO2S/c1-17-13-8-14(18-2)12(7-11(13)15)16-5-3-10-4-6-19-9-10/h4,6-9,16H,3,5H2,1-2H3. The molecule has 1 N–H and O–H groups in total. The minimum atomic E-state index is 0.571. The van der Waals surface area contributed by atoms with Crippen LogP contribution in [-0.4, -0.2) is 20.8 Å². The lowest BCUT2D eigenvalue weighted by atomic mass is 10.2. The van der Waals surface area contributed by atoms with E-state index in [0.717, 1.165) is 24.4 Å². The van der Waals surface area contributed by atoms with Gasteiger partial charge in [-0.25, -0.2) is 0 Å². The van der Waals surface area contributed by atoms with Crippen molar-refractivity contribution < 1.29 is 9.47 Å². The number of rotatable bonds is 6. The third-order valence-corrected chi connectivity index (χ3v) is 3.81. The molecule has 3 nitrogen and oxygen atoms in total. The fraction of sp³-hybridized carbons (Fsp3) is 0.286. The number of halogens is 1. The number of hydrogen-bond donors (Lipinski definition) is 1. The van der Waals surface area contributed by atoms with Gasteiger partial charge in [0.25, 0.3) is 0 Å². The summed E-state index contributed by atoms with van der Waals surface area (Å²) in [6.45, 7) is 0.829. The Kier molecular flexibility index (Phi) is 4.93. The van der Waals surface area contributed by atoms with Crippen molar-refractivity contribution in [1.29, 1.82) is 0 Å². The van der Waals surface area contributed by atoms with Gasteiger partial charge in [-0.2, -0.15) is 11.3 Å². The molecule has 102 valence electrons. The van der Waals surface area contributed by atoms with Gasteiger partial charge in [-0.05, 0) is 34.9 Å². The van der Waals surface area contributed by atoms with Gasteiger partial charge >= 0.3 is 0 Å². The van der Waals surface area contributed by atoms with E-state index in [9.17, 15) is 0 Å². The van der Waals surface area contributed by atoms with Gasteiger partial charge in [0.05, 0.1) is 24.9 Å². The van der Waals surface area contributed by atoms with E-state index >= 15 is 0 Å². The molecule has 1 aromatic heterocycles. The lowest BCUT2D eigenvalue weighted by molar-refractivity contribution is 0.395. The molecule has 0 amide bonds. The zero-order valence-corrected chi connectivity index (χ0v) is 12.5. The summed E-state index contributed by atoms with van der Waals surface area (Å²) in [7, 11) is 3.22. The average Bonchev–Trinajstić information content (AvgIpc) is 2.92. The third kappa shape index (κ3) is 3.55. The van der Waals surface area contributed by atoms with Gasteiger partial charge in [0.2, 0.25) is 0 Å². The van der Waals surface area contributed by atoms with Crippen LogP contribution in [0.5, 0.6) is 11.5 Å². The van der Waals surface area contributed by atoms with Crippen LogP contribution in [0.1, 0.15) is 5.56 Å². The van der Waals surface area contributed by atoms with Gasteiger partial charge in [-0.1, -0.05) is 11.6 Å². The largest absolute Gasteiger partial charge is 0.495 e. The maximum Gasteiger partial charge on any atom is 0.145 e. The van der Waals surface area contributed by atoms with E-state index in [2.05, 4.69) is 22.1 Å². The molecule has 0 bridgehead atoms. The fourth-order valence-electron chi connectivity index (χ4n) is 1.77. The number of benzene rings is 1. The zero-order chi connectivity index (χ0) is 13.7. The van der Waals surface area contributed by atoms with Crippen LogP contribution in [0.3, 0.4) is 0 Å². The number of anilines is 1. The summed E-state index contributed by atoms with van der Waals surface area (Å²) < 4.78 is 10.5. The van der Waals surface area contributed by atoms with Crippen LogP contribution in [0.25, 0.3) is 0 Å². The Morgan fingerprint density at radius 1 is 1.21 bits per heavy atom. The minimum Gasteiger partial charge on any atom is -0.495 e. The average molecular weight is 298 g/mol. The minimum absolute atomic E-state index is 0.571. The third-order valence-electron chi connectivity index (χ3n) is 2.78. The summed E-state index contributed by atoms with van der Waals surface area (Å²) in [5, 5.41) is 8.14. The highest BCUT2D eigenvalue weighted by atomic mass is 35.5. The molecule has 19 heavy (non-hydrogen) atoms. The molecule has 0 aliphatic heterocycles. The van der Waals surface area contributed by atoms with Crippen LogP contribution >= 0.6 is 22.9 Å². The summed E-state index contributed by atoms with van der Waals surface area (Å²) in [6, 6.07) is 5.74. The Labute approximate surface area is 122 Å². The molecular weight excluding hydrogens is 282 g/mol. The Morgan fingerprint density at radius 2 is 2.00 bits per heavy atom. The molecular formula is C14H16ClNO2S. The zero-order valence-electron chi connectivity index (χ0n) is 10.9.